The van der Waals surface area contributed by atoms with E-state index in [2.05, 4.69) is 5.16 Å². The van der Waals surface area contributed by atoms with Crippen LogP contribution in [0.15, 0.2) is 59.8 Å². The van der Waals surface area contributed by atoms with Crippen molar-refractivity contribution in [3.05, 3.63) is 60.2 Å². The van der Waals surface area contributed by atoms with Gasteiger partial charge in [0.25, 0.3) is 0 Å². The van der Waals surface area contributed by atoms with Crippen molar-refractivity contribution in [1.29, 1.82) is 0 Å². The molecule has 0 heterocycles. The highest BCUT2D eigenvalue weighted by molar-refractivity contribution is 6.00. The van der Waals surface area contributed by atoms with Gasteiger partial charge in [0.1, 0.15) is 5.75 Å². The zero-order chi connectivity index (χ0) is 12.1. The number of benzene rings is 2. The number of phenols is 1. The molecule has 0 aliphatic heterocycles. The molecule has 0 spiro atoms. The summed E-state index contributed by atoms with van der Waals surface area (Å²) in [5, 5.41) is 13.6. The Morgan fingerprint density at radius 3 is 2.35 bits per heavy atom. The van der Waals surface area contributed by atoms with E-state index in [0.717, 1.165) is 0 Å². The summed E-state index contributed by atoms with van der Waals surface area (Å²) in [6, 6.07) is 16.3. The minimum absolute atomic E-state index is 0.199. The van der Waals surface area contributed by atoms with Crippen LogP contribution in [0.25, 0.3) is 0 Å². The number of phenolic OH excluding ortho intramolecular Hbond substituents is 1. The molecule has 0 atom stereocenters. The van der Waals surface area contributed by atoms with Crippen molar-refractivity contribution in [2.45, 2.75) is 6.92 Å². The Bertz CT molecular complexity index is 521. The van der Waals surface area contributed by atoms with Gasteiger partial charge in [-0.15, -0.1) is 0 Å². The van der Waals surface area contributed by atoms with Crippen LogP contribution in [-0.2, 0) is 0 Å². The monoisotopic (exact) mass is 227 g/mol. The van der Waals surface area contributed by atoms with E-state index >= 15 is 0 Å². The summed E-state index contributed by atoms with van der Waals surface area (Å²) in [5.41, 5.74) is 1.30. The largest absolute Gasteiger partial charge is 0.507 e. The molecule has 0 aromatic heterocycles. The third-order valence-corrected chi connectivity index (χ3v) is 2.33. The summed E-state index contributed by atoms with van der Waals surface area (Å²) >= 11 is 0. The van der Waals surface area contributed by atoms with Gasteiger partial charge in [0.2, 0.25) is 0 Å². The fourth-order valence-corrected chi connectivity index (χ4v) is 1.43. The molecule has 0 radical (unpaired) electrons. The molecule has 0 bridgehead atoms. The van der Waals surface area contributed by atoms with Gasteiger partial charge in [0.15, 0.2) is 5.75 Å². The molecule has 86 valence electrons. The maximum absolute atomic E-state index is 9.64. The van der Waals surface area contributed by atoms with Gasteiger partial charge < -0.3 is 9.94 Å². The van der Waals surface area contributed by atoms with Gasteiger partial charge in [0.05, 0.1) is 5.71 Å². The molecule has 17 heavy (non-hydrogen) atoms. The molecule has 0 aliphatic carbocycles. The standard InChI is InChI=1S/C14H13NO2/c1-11(13-9-5-6-10-14(13)16)15-17-12-7-3-2-4-8-12/h2-10,16H,1H3/b15-11+. The lowest BCUT2D eigenvalue weighted by atomic mass is 10.1. The molecule has 0 unspecified atom stereocenters. The summed E-state index contributed by atoms with van der Waals surface area (Å²) in [4.78, 5) is 5.25. The molecule has 0 saturated heterocycles. The Morgan fingerprint density at radius 1 is 1.00 bits per heavy atom. The van der Waals surface area contributed by atoms with E-state index < -0.39 is 0 Å². The molecule has 0 saturated carbocycles. The number of nitrogens with zero attached hydrogens (tertiary/aromatic N) is 1. The Labute approximate surface area is 100.0 Å². The number of para-hydroxylation sites is 2. The molecular weight excluding hydrogens is 214 g/mol. The smallest absolute Gasteiger partial charge is 0.157 e. The van der Waals surface area contributed by atoms with Crippen LogP contribution >= 0.6 is 0 Å². The summed E-state index contributed by atoms with van der Waals surface area (Å²) in [6.45, 7) is 1.79. The number of oxime groups is 1. The lowest BCUT2D eigenvalue weighted by Crippen LogP contribution is -1.98. The first-order chi connectivity index (χ1) is 8.27. The molecule has 2 aromatic rings. The number of aromatic hydroxyl groups is 1. The van der Waals surface area contributed by atoms with Gasteiger partial charge in [-0.1, -0.05) is 35.5 Å². The second-order valence-electron chi connectivity index (χ2n) is 3.60. The first kappa shape index (κ1) is 11.2. The highest BCUT2D eigenvalue weighted by Crippen LogP contribution is 2.17. The van der Waals surface area contributed by atoms with Crippen LogP contribution in [0.2, 0.25) is 0 Å². The van der Waals surface area contributed by atoms with Crippen LogP contribution < -0.4 is 4.84 Å². The van der Waals surface area contributed by atoms with E-state index in [1.54, 1.807) is 25.1 Å². The van der Waals surface area contributed by atoms with E-state index in [4.69, 9.17) is 4.84 Å². The fraction of sp³-hybridized carbons (Fsp3) is 0.0714. The average molecular weight is 227 g/mol. The maximum atomic E-state index is 9.64. The maximum Gasteiger partial charge on any atom is 0.157 e. The first-order valence-electron chi connectivity index (χ1n) is 5.32. The topological polar surface area (TPSA) is 41.8 Å². The molecule has 0 fully saturated rings. The minimum atomic E-state index is 0.199. The van der Waals surface area contributed by atoms with Gasteiger partial charge in [0, 0.05) is 5.56 Å². The second kappa shape index (κ2) is 5.16. The summed E-state index contributed by atoms with van der Waals surface area (Å²) in [5.74, 6) is 0.868. The Balaban J connectivity index is 2.16. The average Bonchev–Trinajstić information content (AvgIpc) is 2.38. The van der Waals surface area contributed by atoms with Crippen molar-refractivity contribution < 1.29 is 9.94 Å². The van der Waals surface area contributed by atoms with Crippen molar-refractivity contribution in [2.24, 2.45) is 5.16 Å². The Morgan fingerprint density at radius 2 is 1.65 bits per heavy atom. The summed E-state index contributed by atoms with van der Waals surface area (Å²) in [7, 11) is 0. The van der Waals surface area contributed by atoms with Crippen LogP contribution in [0.4, 0.5) is 0 Å². The summed E-state index contributed by atoms with van der Waals surface area (Å²) < 4.78 is 0. The van der Waals surface area contributed by atoms with Crippen molar-refractivity contribution in [3.63, 3.8) is 0 Å². The van der Waals surface area contributed by atoms with Gasteiger partial charge in [-0.25, -0.2) is 0 Å². The van der Waals surface area contributed by atoms with Gasteiger partial charge >= 0.3 is 0 Å². The van der Waals surface area contributed by atoms with Crippen LogP contribution in [0.1, 0.15) is 12.5 Å². The molecule has 2 rings (SSSR count). The third kappa shape index (κ3) is 2.84. The highest BCUT2D eigenvalue weighted by atomic mass is 16.6. The number of rotatable bonds is 3. The molecule has 1 N–H and O–H groups in total. The van der Waals surface area contributed by atoms with Crippen LogP contribution in [0.3, 0.4) is 0 Å². The Kier molecular flexibility index (Phi) is 3.40. The van der Waals surface area contributed by atoms with E-state index in [-0.39, 0.29) is 5.75 Å². The number of hydrogen-bond donors (Lipinski definition) is 1. The van der Waals surface area contributed by atoms with Crippen molar-refractivity contribution in [2.75, 3.05) is 0 Å². The lowest BCUT2D eigenvalue weighted by Gasteiger charge is -2.03. The first-order valence-corrected chi connectivity index (χ1v) is 5.32. The van der Waals surface area contributed by atoms with Gasteiger partial charge in [-0.05, 0) is 31.2 Å². The molecular formula is C14H13NO2. The normalized spacial score (nSPS) is 11.2. The van der Waals surface area contributed by atoms with Crippen LogP contribution in [0.5, 0.6) is 11.5 Å². The summed E-state index contributed by atoms with van der Waals surface area (Å²) in [6.07, 6.45) is 0. The van der Waals surface area contributed by atoms with E-state index in [1.807, 2.05) is 36.4 Å². The molecule has 0 aliphatic rings. The van der Waals surface area contributed by atoms with E-state index in [1.165, 1.54) is 0 Å². The zero-order valence-corrected chi connectivity index (χ0v) is 9.50. The van der Waals surface area contributed by atoms with Crippen LogP contribution in [-0.4, -0.2) is 10.8 Å². The molecule has 2 aromatic carbocycles. The van der Waals surface area contributed by atoms with Crippen molar-refractivity contribution >= 4 is 5.71 Å². The minimum Gasteiger partial charge on any atom is -0.507 e. The van der Waals surface area contributed by atoms with Gasteiger partial charge in [-0.3, -0.25) is 0 Å². The van der Waals surface area contributed by atoms with Gasteiger partial charge in [-0.2, -0.15) is 0 Å². The quantitative estimate of drug-likeness (QED) is 0.646. The Hall–Kier alpha value is -2.29. The van der Waals surface area contributed by atoms with E-state index in [0.29, 0.717) is 17.0 Å². The lowest BCUT2D eigenvalue weighted by molar-refractivity contribution is 0.341. The third-order valence-electron chi connectivity index (χ3n) is 2.33. The molecule has 3 nitrogen and oxygen atoms in total. The van der Waals surface area contributed by atoms with Crippen molar-refractivity contribution in [3.8, 4) is 11.5 Å². The zero-order valence-electron chi connectivity index (χ0n) is 9.50. The predicted octanol–water partition coefficient (Wildman–Crippen LogP) is 3.20. The fourth-order valence-electron chi connectivity index (χ4n) is 1.43. The van der Waals surface area contributed by atoms with E-state index in [9.17, 15) is 5.11 Å². The van der Waals surface area contributed by atoms with Crippen LogP contribution in [0, 0.1) is 0 Å². The highest BCUT2D eigenvalue weighted by Gasteiger charge is 2.03. The second-order valence-corrected chi connectivity index (χ2v) is 3.60. The molecule has 0 amide bonds. The van der Waals surface area contributed by atoms with Crippen molar-refractivity contribution in [1.82, 2.24) is 0 Å². The molecule has 3 heteroatoms. The SMILES string of the molecule is C/C(=N\Oc1ccccc1)c1ccccc1O. The predicted molar refractivity (Wildman–Crippen MR) is 67.4 cm³/mol. The number of hydrogen-bond acceptors (Lipinski definition) is 3.